The van der Waals surface area contributed by atoms with Crippen molar-refractivity contribution in [3.8, 4) is 5.69 Å². The number of amides is 1. The molecule has 134 valence electrons. The minimum Gasteiger partial charge on any atom is -0.351 e. The Bertz CT molecular complexity index is 661. The number of nitrogens with one attached hydrogen (secondary N) is 1. The summed E-state index contributed by atoms with van der Waals surface area (Å²) in [6.07, 6.45) is 13.1. The number of pyridine rings is 1. The molecule has 0 bridgehead atoms. The summed E-state index contributed by atoms with van der Waals surface area (Å²) >= 11 is 0. The predicted octanol–water partition coefficient (Wildman–Crippen LogP) is 3.26. The normalized spacial score (nSPS) is 15.4. The van der Waals surface area contributed by atoms with Crippen LogP contribution in [0.2, 0.25) is 0 Å². The van der Waals surface area contributed by atoms with Gasteiger partial charge in [0, 0.05) is 25.0 Å². The summed E-state index contributed by atoms with van der Waals surface area (Å²) in [6.45, 7) is 1.74. The first-order valence-corrected chi connectivity index (χ1v) is 9.32. The quantitative estimate of drug-likeness (QED) is 0.787. The summed E-state index contributed by atoms with van der Waals surface area (Å²) in [4.78, 5) is 19.1. The third kappa shape index (κ3) is 4.69. The van der Waals surface area contributed by atoms with E-state index < -0.39 is 0 Å². The van der Waals surface area contributed by atoms with Crippen LogP contribution in [0.15, 0.2) is 42.9 Å². The zero-order valence-electron chi connectivity index (χ0n) is 15.0. The first-order chi connectivity index (χ1) is 12.3. The molecule has 0 aromatic carbocycles. The number of aromatic nitrogens is 2. The molecule has 0 radical (unpaired) electrons. The third-order valence-electron chi connectivity index (χ3n) is 5.08. The van der Waals surface area contributed by atoms with Crippen LogP contribution in [-0.2, 0) is 0 Å². The van der Waals surface area contributed by atoms with E-state index in [1.54, 1.807) is 12.4 Å². The molecule has 0 spiro atoms. The zero-order chi connectivity index (χ0) is 17.5. The van der Waals surface area contributed by atoms with E-state index in [2.05, 4.69) is 22.2 Å². The maximum Gasteiger partial charge on any atom is 0.268 e. The molecular formula is C20H28N4O. The lowest BCUT2D eigenvalue weighted by Gasteiger charge is -2.31. The molecule has 2 heterocycles. The van der Waals surface area contributed by atoms with Crippen molar-refractivity contribution in [2.45, 2.75) is 44.6 Å². The van der Waals surface area contributed by atoms with E-state index in [9.17, 15) is 4.79 Å². The average molecular weight is 340 g/mol. The van der Waals surface area contributed by atoms with E-state index in [0.29, 0.717) is 12.2 Å². The summed E-state index contributed by atoms with van der Waals surface area (Å²) in [6, 6.07) is 8.28. The molecule has 25 heavy (non-hydrogen) atoms. The molecule has 5 nitrogen and oxygen atoms in total. The Balaban J connectivity index is 1.46. The minimum atomic E-state index is -0.0332. The molecule has 1 aliphatic carbocycles. The molecule has 3 rings (SSSR count). The van der Waals surface area contributed by atoms with Crippen molar-refractivity contribution in [3.05, 3.63) is 48.5 Å². The van der Waals surface area contributed by atoms with E-state index in [1.165, 1.54) is 32.1 Å². The first kappa shape index (κ1) is 17.7. The molecule has 1 amide bonds. The van der Waals surface area contributed by atoms with Crippen molar-refractivity contribution >= 4 is 5.91 Å². The summed E-state index contributed by atoms with van der Waals surface area (Å²) < 4.78 is 1.87. The Kier molecular flexibility index (Phi) is 6.23. The van der Waals surface area contributed by atoms with E-state index in [0.717, 1.165) is 24.7 Å². The highest BCUT2D eigenvalue weighted by atomic mass is 16.1. The molecule has 0 unspecified atom stereocenters. The Morgan fingerprint density at radius 3 is 2.88 bits per heavy atom. The van der Waals surface area contributed by atoms with Crippen molar-refractivity contribution in [1.82, 2.24) is 19.8 Å². The summed E-state index contributed by atoms with van der Waals surface area (Å²) in [5, 5.41) is 3.05. The van der Waals surface area contributed by atoms with Crippen molar-refractivity contribution in [2.24, 2.45) is 0 Å². The fourth-order valence-corrected chi connectivity index (χ4v) is 3.61. The largest absolute Gasteiger partial charge is 0.351 e. The maximum atomic E-state index is 12.5. The molecule has 5 heteroatoms. The Hall–Kier alpha value is -2.14. The number of carbonyl (C=O) groups is 1. The Labute approximate surface area is 150 Å². The first-order valence-electron chi connectivity index (χ1n) is 9.32. The molecule has 1 aliphatic rings. The van der Waals surface area contributed by atoms with Crippen LogP contribution < -0.4 is 5.32 Å². The van der Waals surface area contributed by atoms with Gasteiger partial charge in [-0.3, -0.25) is 9.78 Å². The predicted molar refractivity (Wildman–Crippen MR) is 100 cm³/mol. The van der Waals surface area contributed by atoms with E-state index in [1.807, 2.05) is 35.0 Å². The second-order valence-corrected chi connectivity index (χ2v) is 6.86. The van der Waals surface area contributed by atoms with Crippen LogP contribution in [0.1, 0.15) is 49.0 Å². The topological polar surface area (TPSA) is 50.2 Å². The van der Waals surface area contributed by atoms with Gasteiger partial charge in [0.25, 0.3) is 5.91 Å². The van der Waals surface area contributed by atoms with Gasteiger partial charge in [-0.2, -0.15) is 0 Å². The number of hydrogen-bond donors (Lipinski definition) is 1. The maximum absolute atomic E-state index is 12.5. The molecule has 0 aliphatic heterocycles. The monoisotopic (exact) mass is 340 g/mol. The number of hydrogen-bond acceptors (Lipinski definition) is 3. The third-order valence-corrected chi connectivity index (χ3v) is 5.08. The lowest BCUT2D eigenvalue weighted by Crippen LogP contribution is -2.36. The number of nitrogens with zero attached hydrogens (tertiary/aromatic N) is 3. The van der Waals surface area contributed by atoms with Gasteiger partial charge < -0.3 is 14.8 Å². The molecule has 2 aromatic rings. The van der Waals surface area contributed by atoms with Crippen LogP contribution in [-0.4, -0.2) is 46.5 Å². The summed E-state index contributed by atoms with van der Waals surface area (Å²) in [5.41, 5.74) is 1.54. The highest BCUT2D eigenvalue weighted by molar-refractivity contribution is 5.93. The van der Waals surface area contributed by atoms with Gasteiger partial charge in [0.15, 0.2) is 0 Å². The van der Waals surface area contributed by atoms with Gasteiger partial charge >= 0.3 is 0 Å². The molecule has 1 fully saturated rings. The molecule has 1 saturated carbocycles. The van der Waals surface area contributed by atoms with Crippen LogP contribution in [0, 0.1) is 0 Å². The number of rotatable bonds is 7. The average Bonchev–Trinajstić information content (AvgIpc) is 3.16. The van der Waals surface area contributed by atoms with E-state index in [-0.39, 0.29) is 5.91 Å². The second kappa shape index (κ2) is 8.81. The SMILES string of the molecule is CN(CCCNC(=O)c1cccn1-c1cccnc1)C1CCCCC1. The van der Waals surface area contributed by atoms with Crippen LogP contribution in [0.25, 0.3) is 5.69 Å². The molecule has 0 atom stereocenters. The van der Waals surface area contributed by atoms with Crippen molar-refractivity contribution < 1.29 is 4.79 Å². The van der Waals surface area contributed by atoms with Gasteiger partial charge in [-0.15, -0.1) is 0 Å². The van der Waals surface area contributed by atoms with Crippen molar-refractivity contribution in [3.63, 3.8) is 0 Å². The van der Waals surface area contributed by atoms with Crippen LogP contribution in [0.4, 0.5) is 0 Å². The zero-order valence-corrected chi connectivity index (χ0v) is 15.0. The van der Waals surface area contributed by atoms with Crippen LogP contribution >= 0.6 is 0 Å². The van der Waals surface area contributed by atoms with Crippen molar-refractivity contribution in [2.75, 3.05) is 20.1 Å². The molecule has 2 aromatic heterocycles. The highest BCUT2D eigenvalue weighted by Gasteiger charge is 2.17. The van der Waals surface area contributed by atoms with Gasteiger partial charge in [0.2, 0.25) is 0 Å². The highest BCUT2D eigenvalue weighted by Crippen LogP contribution is 2.21. The van der Waals surface area contributed by atoms with Gasteiger partial charge in [-0.1, -0.05) is 19.3 Å². The number of carbonyl (C=O) groups excluding carboxylic acids is 1. The Morgan fingerprint density at radius 1 is 1.28 bits per heavy atom. The molecule has 0 saturated heterocycles. The van der Waals surface area contributed by atoms with E-state index >= 15 is 0 Å². The lowest BCUT2D eigenvalue weighted by molar-refractivity contribution is 0.0944. The van der Waals surface area contributed by atoms with Crippen molar-refractivity contribution in [1.29, 1.82) is 0 Å². The summed E-state index contributed by atoms with van der Waals surface area (Å²) in [7, 11) is 2.21. The fourth-order valence-electron chi connectivity index (χ4n) is 3.61. The van der Waals surface area contributed by atoms with Gasteiger partial charge in [0.05, 0.1) is 11.9 Å². The van der Waals surface area contributed by atoms with E-state index in [4.69, 9.17) is 0 Å². The molecule has 1 N–H and O–H groups in total. The Morgan fingerprint density at radius 2 is 2.12 bits per heavy atom. The molecular weight excluding hydrogens is 312 g/mol. The fraction of sp³-hybridized carbons (Fsp3) is 0.500. The minimum absolute atomic E-state index is 0.0332. The standard InChI is InChI=1S/C20H28N4O/c1-23(17-8-3-2-4-9-17)14-7-13-22-20(25)19-11-6-15-24(19)18-10-5-12-21-16-18/h5-6,10-12,15-17H,2-4,7-9,13-14H2,1H3,(H,22,25). The smallest absolute Gasteiger partial charge is 0.268 e. The van der Waals surface area contributed by atoms with Crippen LogP contribution in [0.3, 0.4) is 0 Å². The van der Waals surface area contributed by atoms with Crippen LogP contribution in [0.5, 0.6) is 0 Å². The van der Waals surface area contributed by atoms with Gasteiger partial charge in [0.1, 0.15) is 5.69 Å². The summed E-state index contributed by atoms with van der Waals surface area (Å²) in [5.74, 6) is -0.0332. The van der Waals surface area contributed by atoms with Gasteiger partial charge in [-0.25, -0.2) is 0 Å². The lowest BCUT2D eigenvalue weighted by atomic mass is 9.94. The second-order valence-electron chi connectivity index (χ2n) is 6.86. The van der Waals surface area contributed by atoms with Gasteiger partial charge in [-0.05, 0) is 57.1 Å².